The number of aliphatic hydroxyl groups excluding tert-OH is 1. The van der Waals surface area contributed by atoms with Gasteiger partial charge in [-0.2, -0.15) is 0 Å². The highest BCUT2D eigenvalue weighted by Gasteiger charge is 2.77. The standard InChI is InChI=1S/C34H48O9/c1-9-17(2)31(37)43-25-14-24(41-19(4)35)32(5)16-40-28-29(32)33(25,6)23-13-26(38-8)42-22-12-21(20-10-11-39-15-20)18(3)27(22)34(23,7)30(28)36/h9-11,15,18,21-30,36H,12-14,16H2,1-8H3/b17-9+/t18?,21-,22+,23-,24-,25+,26?,27-,28-,29+,30-,32-,33+,34-/m1/s1. The topological polar surface area (TPSA) is 114 Å². The van der Waals surface area contributed by atoms with Gasteiger partial charge in [-0.15, -0.1) is 0 Å². The number of fused-ring (bicyclic) bond motifs is 4. The first kappa shape index (κ1) is 30.8. The van der Waals surface area contributed by atoms with Crippen LogP contribution in [0.25, 0.3) is 0 Å². The van der Waals surface area contributed by atoms with Gasteiger partial charge in [0.2, 0.25) is 0 Å². The largest absolute Gasteiger partial charge is 0.472 e. The van der Waals surface area contributed by atoms with Crippen LogP contribution in [0.4, 0.5) is 0 Å². The fourth-order valence-electron chi connectivity index (χ4n) is 10.7. The molecule has 3 saturated carbocycles. The molecule has 0 amide bonds. The minimum absolute atomic E-state index is 0.0272. The summed E-state index contributed by atoms with van der Waals surface area (Å²) in [5, 5.41) is 12.6. The van der Waals surface area contributed by atoms with Crippen LogP contribution in [-0.2, 0) is 33.3 Å². The molecule has 0 spiro atoms. The van der Waals surface area contributed by atoms with Crippen molar-refractivity contribution < 1.29 is 42.8 Å². The summed E-state index contributed by atoms with van der Waals surface area (Å²) in [7, 11) is 1.67. The first-order chi connectivity index (χ1) is 20.3. The lowest BCUT2D eigenvalue weighted by Gasteiger charge is -2.67. The summed E-state index contributed by atoms with van der Waals surface area (Å²) in [5.74, 6) is -0.848. The molecule has 0 bridgehead atoms. The second-order valence-corrected chi connectivity index (χ2v) is 14.5. The molecule has 6 rings (SSSR count). The van der Waals surface area contributed by atoms with Gasteiger partial charge >= 0.3 is 11.9 Å². The number of hydrogen-bond acceptors (Lipinski definition) is 9. The van der Waals surface area contributed by atoms with Crippen molar-refractivity contribution >= 4 is 11.9 Å². The van der Waals surface area contributed by atoms with E-state index in [0.717, 1.165) is 12.0 Å². The molecule has 9 nitrogen and oxygen atoms in total. The van der Waals surface area contributed by atoms with Crippen molar-refractivity contribution in [3.63, 3.8) is 0 Å². The second-order valence-electron chi connectivity index (χ2n) is 14.5. The first-order valence-corrected chi connectivity index (χ1v) is 15.8. The Morgan fingerprint density at radius 2 is 1.81 bits per heavy atom. The van der Waals surface area contributed by atoms with Gasteiger partial charge in [-0.25, -0.2) is 4.79 Å². The number of methoxy groups -OCH3 is 1. The van der Waals surface area contributed by atoms with Gasteiger partial charge < -0.3 is 33.2 Å². The molecule has 3 aliphatic carbocycles. The molecule has 2 saturated heterocycles. The highest BCUT2D eigenvalue weighted by atomic mass is 16.7. The van der Waals surface area contributed by atoms with E-state index in [0.29, 0.717) is 25.0 Å². The number of carbonyl (C=O) groups is 2. The summed E-state index contributed by atoms with van der Waals surface area (Å²) in [6.07, 6.45) is 3.83. The lowest BCUT2D eigenvalue weighted by Crippen LogP contribution is -2.73. The van der Waals surface area contributed by atoms with E-state index in [4.69, 9.17) is 28.1 Å². The molecule has 238 valence electrons. The maximum atomic E-state index is 13.4. The van der Waals surface area contributed by atoms with Crippen LogP contribution in [0.2, 0.25) is 0 Å². The van der Waals surface area contributed by atoms with Crippen molar-refractivity contribution in [3.05, 3.63) is 35.8 Å². The molecule has 5 aliphatic rings. The zero-order chi connectivity index (χ0) is 31.1. The van der Waals surface area contributed by atoms with Gasteiger partial charge in [0.15, 0.2) is 6.29 Å². The summed E-state index contributed by atoms with van der Waals surface area (Å²) < 4.78 is 37.2. The minimum Gasteiger partial charge on any atom is -0.472 e. The molecular formula is C34H48O9. The third kappa shape index (κ3) is 4.32. The van der Waals surface area contributed by atoms with Crippen molar-refractivity contribution in [1.82, 2.24) is 0 Å². The number of aliphatic hydroxyl groups is 1. The Hall–Kier alpha value is -2.20. The summed E-state index contributed by atoms with van der Waals surface area (Å²) in [6, 6.07) is 2.02. The van der Waals surface area contributed by atoms with E-state index in [2.05, 4.69) is 27.7 Å². The molecule has 2 unspecified atom stereocenters. The SMILES string of the molecule is C/C=C(\C)C(=O)O[C@H]1C[C@@H](OC(C)=O)[C@@]2(C)CO[C@H]3[C@@H](O)[C@]4(C)[C@H](CC(OC)O[C@H]5C[C@@H](c6ccoc6)C(C)[C@H]54)[C@]1(C)[C@@H]32. The van der Waals surface area contributed by atoms with Crippen LogP contribution in [0.5, 0.6) is 0 Å². The van der Waals surface area contributed by atoms with Crippen LogP contribution in [0.15, 0.2) is 34.7 Å². The molecular weight excluding hydrogens is 552 g/mol. The monoisotopic (exact) mass is 600 g/mol. The summed E-state index contributed by atoms with van der Waals surface area (Å²) in [6.45, 7) is 14.1. The number of ether oxygens (including phenoxy) is 5. The van der Waals surface area contributed by atoms with Crippen molar-refractivity contribution in [1.29, 1.82) is 0 Å². The maximum absolute atomic E-state index is 13.4. The van der Waals surface area contributed by atoms with Crippen LogP contribution in [-0.4, -0.2) is 67.6 Å². The van der Waals surface area contributed by atoms with Crippen LogP contribution < -0.4 is 0 Å². The number of furan rings is 1. The number of carbonyl (C=O) groups excluding carboxylic acids is 2. The van der Waals surface area contributed by atoms with Gasteiger partial charge in [-0.3, -0.25) is 4.79 Å². The molecule has 9 heteroatoms. The fraction of sp³-hybridized carbons (Fsp3) is 0.765. The van der Waals surface area contributed by atoms with E-state index in [1.165, 1.54) is 6.92 Å². The molecule has 0 aromatic carbocycles. The van der Waals surface area contributed by atoms with E-state index < -0.39 is 47.0 Å². The number of hydrogen-bond donors (Lipinski definition) is 1. The predicted octanol–water partition coefficient (Wildman–Crippen LogP) is 5.02. The van der Waals surface area contributed by atoms with Crippen molar-refractivity contribution in [2.24, 2.45) is 39.9 Å². The lowest BCUT2D eigenvalue weighted by molar-refractivity contribution is -0.274. The average Bonchev–Trinajstić information content (AvgIpc) is 3.68. The predicted molar refractivity (Wildman–Crippen MR) is 156 cm³/mol. The van der Waals surface area contributed by atoms with Crippen molar-refractivity contribution in [2.45, 2.75) is 110 Å². The Morgan fingerprint density at radius 3 is 2.44 bits per heavy atom. The normalized spacial score (nSPS) is 49.0. The quantitative estimate of drug-likeness (QED) is 0.368. The highest BCUT2D eigenvalue weighted by Crippen LogP contribution is 2.73. The van der Waals surface area contributed by atoms with Crippen LogP contribution in [0, 0.1) is 39.9 Å². The van der Waals surface area contributed by atoms with E-state index in [1.54, 1.807) is 26.4 Å². The van der Waals surface area contributed by atoms with Crippen LogP contribution >= 0.6 is 0 Å². The summed E-state index contributed by atoms with van der Waals surface area (Å²) >= 11 is 0. The Kier molecular flexibility index (Phi) is 7.67. The van der Waals surface area contributed by atoms with Gasteiger partial charge in [0.1, 0.15) is 12.2 Å². The molecule has 5 fully saturated rings. The van der Waals surface area contributed by atoms with E-state index in [1.807, 2.05) is 19.3 Å². The Balaban J connectivity index is 1.52. The molecule has 1 N–H and O–H groups in total. The third-order valence-corrected chi connectivity index (χ3v) is 12.7. The maximum Gasteiger partial charge on any atom is 0.333 e. The summed E-state index contributed by atoms with van der Waals surface area (Å²) in [4.78, 5) is 25.8. The summed E-state index contributed by atoms with van der Waals surface area (Å²) in [5.41, 5.74) is -0.238. The van der Waals surface area contributed by atoms with Gasteiger partial charge in [-0.1, -0.05) is 33.8 Å². The lowest BCUT2D eigenvalue weighted by atomic mass is 9.38. The molecule has 43 heavy (non-hydrogen) atoms. The molecule has 2 aliphatic heterocycles. The zero-order valence-corrected chi connectivity index (χ0v) is 26.7. The Morgan fingerprint density at radius 1 is 1.07 bits per heavy atom. The van der Waals surface area contributed by atoms with Crippen molar-refractivity contribution in [2.75, 3.05) is 13.7 Å². The van der Waals surface area contributed by atoms with Gasteiger partial charge in [0.05, 0.1) is 37.4 Å². The van der Waals surface area contributed by atoms with Crippen LogP contribution in [0.1, 0.15) is 79.2 Å². The van der Waals surface area contributed by atoms with Gasteiger partial charge in [0.25, 0.3) is 0 Å². The molecule has 0 radical (unpaired) electrons. The smallest absolute Gasteiger partial charge is 0.333 e. The second kappa shape index (κ2) is 10.7. The molecule has 3 heterocycles. The first-order valence-electron chi connectivity index (χ1n) is 15.8. The molecule has 1 aromatic rings. The van der Waals surface area contributed by atoms with E-state index >= 15 is 0 Å². The Labute approximate surface area is 254 Å². The third-order valence-electron chi connectivity index (χ3n) is 12.7. The Bertz CT molecular complexity index is 1260. The molecule has 1 aromatic heterocycles. The number of esters is 2. The number of rotatable bonds is 5. The minimum atomic E-state index is -0.820. The fourth-order valence-corrected chi connectivity index (χ4v) is 10.7. The molecule has 14 atom stereocenters. The van der Waals surface area contributed by atoms with E-state index in [-0.39, 0.29) is 47.6 Å². The van der Waals surface area contributed by atoms with Crippen LogP contribution in [0.3, 0.4) is 0 Å². The highest BCUT2D eigenvalue weighted by molar-refractivity contribution is 5.87. The van der Waals surface area contributed by atoms with E-state index in [9.17, 15) is 14.7 Å². The average molecular weight is 601 g/mol. The number of allylic oxidation sites excluding steroid dienone is 1. The zero-order valence-electron chi connectivity index (χ0n) is 26.7. The van der Waals surface area contributed by atoms with Crippen molar-refractivity contribution in [3.8, 4) is 0 Å². The van der Waals surface area contributed by atoms with Gasteiger partial charge in [-0.05, 0) is 55.6 Å². The van der Waals surface area contributed by atoms with Gasteiger partial charge in [0, 0.05) is 54.6 Å².